The standard InChI is InChI=1S/C13H21FN2O2/c1-3-7-18-8-6-12(16-15)11-9-10(14)4-5-13(11)17-2/h4-5,9,12,16H,3,6-8,15H2,1-2H3. The molecular weight excluding hydrogens is 235 g/mol. The lowest BCUT2D eigenvalue weighted by Crippen LogP contribution is -2.29. The van der Waals surface area contributed by atoms with Gasteiger partial charge in [0.25, 0.3) is 0 Å². The van der Waals surface area contributed by atoms with E-state index in [4.69, 9.17) is 15.3 Å². The van der Waals surface area contributed by atoms with Crippen LogP contribution in [0.5, 0.6) is 5.75 Å². The zero-order valence-corrected chi connectivity index (χ0v) is 10.9. The van der Waals surface area contributed by atoms with Crippen molar-refractivity contribution in [3.63, 3.8) is 0 Å². The van der Waals surface area contributed by atoms with Gasteiger partial charge in [0.1, 0.15) is 11.6 Å². The first kappa shape index (κ1) is 14.9. The fourth-order valence-corrected chi connectivity index (χ4v) is 1.75. The van der Waals surface area contributed by atoms with E-state index in [-0.39, 0.29) is 11.9 Å². The van der Waals surface area contributed by atoms with Crippen molar-refractivity contribution in [3.8, 4) is 5.75 Å². The Hall–Kier alpha value is -1.17. The molecule has 5 heteroatoms. The Kier molecular flexibility index (Phi) is 6.64. The first-order chi connectivity index (χ1) is 8.72. The molecule has 0 saturated heterocycles. The smallest absolute Gasteiger partial charge is 0.123 e. The van der Waals surface area contributed by atoms with Gasteiger partial charge in [0.15, 0.2) is 0 Å². The van der Waals surface area contributed by atoms with Gasteiger partial charge in [-0.05, 0) is 31.0 Å². The summed E-state index contributed by atoms with van der Waals surface area (Å²) < 4.78 is 23.9. The second-order valence-electron chi connectivity index (χ2n) is 4.01. The Morgan fingerprint density at radius 1 is 1.39 bits per heavy atom. The van der Waals surface area contributed by atoms with E-state index in [0.717, 1.165) is 13.0 Å². The number of rotatable bonds is 8. The van der Waals surface area contributed by atoms with Crippen molar-refractivity contribution in [1.82, 2.24) is 5.43 Å². The van der Waals surface area contributed by atoms with E-state index in [2.05, 4.69) is 5.43 Å². The Balaban J connectivity index is 2.71. The molecule has 102 valence electrons. The molecule has 3 N–H and O–H groups in total. The molecule has 1 aromatic rings. The second-order valence-corrected chi connectivity index (χ2v) is 4.01. The molecule has 4 nitrogen and oxygen atoms in total. The molecule has 1 aromatic carbocycles. The molecule has 0 spiro atoms. The van der Waals surface area contributed by atoms with E-state index in [0.29, 0.717) is 24.3 Å². The van der Waals surface area contributed by atoms with Crippen LogP contribution >= 0.6 is 0 Å². The summed E-state index contributed by atoms with van der Waals surface area (Å²) in [5.41, 5.74) is 3.38. The number of hydrogen-bond acceptors (Lipinski definition) is 4. The molecule has 0 saturated carbocycles. The Labute approximate surface area is 107 Å². The topological polar surface area (TPSA) is 56.5 Å². The number of methoxy groups -OCH3 is 1. The molecule has 0 bridgehead atoms. The third-order valence-electron chi connectivity index (χ3n) is 2.67. The van der Waals surface area contributed by atoms with Gasteiger partial charge in [0, 0.05) is 18.8 Å². The molecule has 0 fully saturated rings. The van der Waals surface area contributed by atoms with Crippen LogP contribution in [0.4, 0.5) is 4.39 Å². The lowest BCUT2D eigenvalue weighted by Gasteiger charge is -2.19. The number of hydrazine groups is 1. The van der Waals surface area contributed by atoms with Crippen molar-refractivity contribution in [2.75, 3.05) is 20.3 Å². The van der Waals surface area contributed by atoms with Gasteiger partial charge in [-0.3, -0.25) is 11.3 Å². The van der Waals surface area contributed by atoms with Crippen LogP contribution in [-0.4, -0.2) is 20.3 Å². The van der Waals surface area contributed by atoms with Crippen LogP contribution in [0, 0.1) is 5.82 Å². The van der Waals surface area contributed by atoms with Gasteiger partial charge in [-0.15, -0.1) is 0 Å². The zero-order chi connectivity index (χ0) is 13.4. The summed E-state index contributed by atoms with van der Waals surface area (Å²) in [6, 6.07) is 4.21. The Bertz CT molecular complexity index is 361. The third-order valence-corrected chi connectivity index (χ3v) is 2.67. The second kappa shape index (κ2) is 8.02. The predicted octanol–water partition coefficient (Wildman–Crippen LogP) is 2.16. The zero-order valence-electron chi connectivity index (χ0n) is 10.9. The number of benzene rings is 1. The third kappa shape index (κ3) is 4.25. The maximum atomic E-state index is 13.3. The average molecular weight is 256 g/mol. The molecule has 0 aliphatic heterocycles. The Morgan fingerprint density at radius 3 is 2.78 bits per heavy atom. The van der Waals surface area contributed by atoms with Crippen LogP contribution in [-0.2, 0) is 4.74 Å². The van der Waals surface area contributed by atoms with Crippen LogP contribution in [0.1, 0.15) is 31.4 Å². The van der Waals surface area contributed by atoms with Crippen molar-refractivity contribution >= 4 is 0 Å². The summed E-state index contributed by atoms with van der Waals surface area (Å²) in [5, 5.41) is 0. The molecule has 0 radical (unpaired) electrons. The Morgan fingerprint density at radius 2 is 2.17 bits per heavy atom. The fourth-order valence-electron chi connectivity index (χ4n) is 1.75. The van der Waals surface area contributed by atoms with Gasteiger partial charge in [-0.2, -0.15) is 0 Å². The van der Waals surface area contributed by atoms with E-state index in [1.54, 1.807) is 13.2 Å². The van der Waals surface area contributed by atoms with Crippen molar-refractivity contribution in [3.05, 3.63) is 29.6 Å². The van der Waals surface area contributed by atoms with E-state index >= 15 is 0 Å². The summed E-state index contributed by atoms with van der Waals surface area (Å²) in [6.45, 7) is 3.34. The van der Waals surface area contributed by atoms with Crippen LogP contribution in [0.2, 0.25) is 0 Å². The van der Waals surface area contributed by atoms with E-state index in [1.165, 1.54) is 12.1 Å². The first-order valence-electron chi connectivity index (χ1n) is 6.10. The SMILES string of the molecule is CCCOCCC(NN)c1cc(F)ccc1OC. The minimum absolute atomic E-state index is 0.187. The highest BCUT2D eigenvalue weighted by atomic mass is 19.1. The number of nitrogens with two attached hydrogens (primary N) is 1. The summed E-state index contributed by atoms with van der Waals surface area (Å²) in [5.74, 6) is 5.82. The molecular formula is C13H21FN2O2. The monoisotopic (exact) mass is 256 g/mol. The van der Waals surface area contributed by atoms with E-state index in [9.17, 15) is 4.39 Å². The maximum absolute atomic E-state index is 13.3. The summed E-state index contributed by atoms with van der Waals surface area (Å²) in [4.78, 5) is 0. The summed E-state index contributed by atoms with van der Waals surface area (Å²) in [6.07, 6.45) is 1.64. The minimum Gasteiger partial charge on any atom is -0.496 e. The quantitative estimate of drug-likeness (QED) is 0.425. The minimum atomic E-state index is -0.305. The van der Waals surface area contributed by atoms with Crippen molar-refractivity contribution < 1.29 is 13.9 Å². The van der Waals surface area contributed by atoms with Gasteiger partial charge in [0.2, 0.25) is 0 Å². The van der Waals surface area contributed by atoms with Gasteiger partial charge < -0.3 is 9.47 Å². The van der Waals surface area contributed by atoms with Gasteiger partial charge in [-0.25, -0.2) is 4.39 Å². The van der Waals surface area contributed by atoms with Crippen LogP contribution in [0.25, 0.3) is 0 Å². The van der Waals surface area contributed by atoms with E-state index in [1.807, 2.05) is 6.92 Å². The first-order valence-corrected chi connectivity index (χ1v) is 6.10. The predicted molar refractivity (Wildman–Crippen MR) is 68.7 cm³/mol. The normalized spacial score (nSPS) is 12.4. The van der Waals surface area contributed by atoms with Crippen LogP contribution < -0.4 is 16.0 Å². The van der Waals surface area contributed by atoms with Gasteiger partial charge in [-0.1, -0.05) is 6.92 Å². The molecule has 1 atom stereocenters. The fraction of sp³-hybridized carbons (Fsp3) is 0.538. The van der Waals surface area contributed by atoms with Gasteiger partial charge >= 0.3 is 0 Å². The van der Waals surface area contributed by atoms with Crippen molar-refractivity contribution in [1.29, 1.82) is 0 Å². The van der Waals surface area contributed by atoms with Crippen LogP contribution in [0.3, 0.4) is 0 Å². The molecule has 1 unspecified atom stereocenters. The molecule has 1 rings (SSSR count). The number of ether oxygens (including phenoxy) is 2. The average Bonchev–Trinajstić information content (AvgIpc) is 2.39. The highest BCUT2D eigenvalue weighted by Gasteiger charge is 2.15. The molecule has 0 heterocycles. The number of nitrogens with one attached hydrogen (secondary N) is 1. The number of hydrogen-bond donors (Lipinski definition) is 2. The maximum Gasteiger partial charge on any atom is 0.123 e. The highest BCUT2D eigenvalue weighted by Crippen LogP contribution is 2.27. The lowest BCUT2D eigenvalue weighted by atomic mass is 10.0. The van der Waals surface area contributed by atoms with Crippen LogP contribution in [0.15, 0.2) is 18.2 Å². The molecule has 0 aliphatic rings. The lowest BCUT2D eigenvalue weighted by molar-refractivity contribution is 0.124. The van der Waals surface area contributed by atoms with Crippen molar-refractivity contribution in [2.45, 2.75) is 25.8 Å². The van der Waals surface area contributed by atoms with Gasteiger partial charge in [0.05, 0.1) is 13.2 Å². The summed E-state index contributed by atoms with van der Waals surface area (Å²) in [7, 11) is 1.55. The van der Waals surface area contributed by atoms with Crippen molar-refractivity contribution in [2.24, 2.45) is 5.84 Å². The molecule has 0 aromatic heterocycles. The summed E-state index contributed by atoms with van der Waals surface area (Å²) >= 11 is 0. The number of halogens is 1. The van der Waals surface area contributed by atoms with E-state index < -0.39 is 0 Å². The molecule has 18 heavy (non-hydrogen) atoms. The molecule has 0 aliphatic carbocycles. The highest BCUT2D eigenvalue weighted by molar-refractivity contribution is 5.36. The largest absolute Gasteiger partial charge is 0.496 e. The molecule has 0 amide bonds.